The molecule has 0 atom stereocenters. The molecule has 0 spiro atoms. The minimum Gasteiger partial charge on any atom is -0.494 e. The SMILES string of the molecule is COc1cccc2c(CCO)[nH]nc12. The molecule has 1 aromatic heterocycles. The lowest BCUT2D eigenvalue weighted by Crippen LogP contribution is -1.90. The largest absolute Gasteiger partial charge is 0.494 e. The van der Waals surface area contributed by atoms with Crippen LogP contribution in [0.4, 0.5) is 0 Å². The van der Waals surface area contributed by atoms with Crippen molar-refractivity contribution in [2.24, 2.45) is 0 Å². The smallest absolute Gasteiger partial charge is 0.146 e. The summed E-state index contributed by atoms with van der Waals surface area (Å²) in [6.45, 7) is 0.120. The van der Waals surface area contributed by atoms with E-state index in [-0.39, 0.29) is 6.61 Å². The fraction of sp³-hybridized carbons (Fsp3) is 0.300. The van der Waals surface area contributed by atoms with Crippen LogP contribution in [0.5, 0.6) is 5.75 Å². The number of ether oxygens (including phenoxy) is 1. The summed E-state index contributed by atoms with van der Waals surface area (Å²) in [4.78, 5) is 0. The van der Waals surface area contributed by atoms with Crippen molar-refractivity contribution in [3.63, 3.8) is 0 Å². The third kappa shape index (κ3) is 1.33. The van der Waals surface area contributed by atoms with Gasteiger partial charge >= 0.3 is 0 Å². The zero-order valence-corrected chi connectivity index (χ0v) is 7.95. The van der Waals surface area contributed by atoms with Gasteiger partial charge < -0.3 is 9.84 Å². The van der Waals surface area contributed by atoms with Gasteiger partial charge in [-0.05, 0) is 6.07 Å². The first-order valence-electron chi connectivity index (χ1n) is 4.47. The van der Waals surface area contributed by atoms with Crippen molar-refractivity contribution in [3.8, 4) is 5.75 Å². The molecule has 0 saturated heterocycles. The van der Waals surface area contributed by atoms with Crippen LogP contribution < -0.4 is 4.74 Å². The van der Waals surface area contributed by atoms with E-state index in [1.54, 1.807) is 7.11 Å². The van der Waals surface area contributed by atoms with Crippen molar-refractivity contribution < 1.29 is 9.84 Å². The third-order valence-corrected chi connectivity index (χ3v) is 2.21. The molecule has 1 heterocycles. The molecule has 0 aliphatic carbocycles. The molecule has 2 aromatic rings. The lowest BCUT2D eigenvalue weighted by atomic mass is 10.1. The van der Waals surface area contributed by atoms with E-state index in [4.69, 9.17) is 9.84 Å². The van der Waals surface area contributed by atoms with E-state index in [1.165, 1.54) is 0 Å². The van der Waals surface area contributed by atoms with E-state index in [9.17, 15) is 0 Å². The average Bonchev–Trinajstić information content (AvgIpc) is 2.62. The number of para-hydroxylation sites is 1. The molecule has 2 rings (SSSR count). The van der Waals surface area contributed by atoms with Gasteiger partial charge in [0.2, 0.25) is 0 Å². The van der Waals surface area contributed by atoms with Gasteiger partial charge in [-0.1, -0.05) is 12.1 Å². The number of H-pyrrole nitrogens is 1. The number of aliphatic hydroxyl groups is 1. The quantitative estimate of drug-likeness (QED) is 0.765. The summed E-state index contributed by atoms with van der Waals surface area (Å²) in [6, 6.07) is 5.75. The van der Waals surface area contributed by atoms with Gasteiger partial charge in [-0.2, -0.15) is 5.10 Å². The molecule has 0 aliphatic heterocycles. The maximum absolute atomic E-state index is 8.84. The molecule has 0 unspecified atom stereocenters. The first kappa shape index (κ1) is 9.02. The lowest BCUT2D eigenvalue weighted by Gasteiger charge is -1.99. The Bertz CT molecular complexity index is 437. The molecular formula is C10H12N2O2. The normalized spacial score (nSPS) is 10.7. The number of benzene rings is 1. The molecule has 0 saturated carbocycles. The van der Waals surface area contributed by atoms with E-state index in [0.29, 0.717) is 6.42 Å². The van der Waals surface area contributed by atoms with Crippen molar-refractivity contribution in [2.75, 3.05) is 13.7 Å². The highest BCUT2D eigenvalue weighted by Crippen LogP contribution is 2.25. The van der Waals surface area contributed by atoms with Gasteiger partial charge in [0.1, 0.15) is 11.3 Å². The van der Waals surface area contributed by atoms with E-state index in [1.807, 2.05) is 18.2 Å². The minimum absolute atomic E-state index is 0.120. The van der Waals surface area contributed by atoms with E-state index >= 15 is 0 Å². The molecule has 4 nitrogen and oxygen atoms in total. The molecule has 0 amide bonds. The van der Waals surface area contributed by atoms with Gasteiger partial charge in [0.05, 0.1) is 7.11 Å². The molecule has 0 fully saturated rings. The fourth-order valence-electron chi connectivity index (χ4n) is 1.53. The highest BCUT2D eigenvalue weighted by molar-refractivity contribution is 5.86. The number of hydrogen-bond acceptors (Lipinski definition) is 3. The standard InChI is InChI=1S/C10H12N2O2/c1-14-9-4-2-3-7-8(5-6-13)11-12-10(7)9/h2-4,13H,5-6H2,1H3,(H,11,12). The van der Waals surface area contributed by atoms with Crippen LogP contribution in [0.3, 0.4) is 0 Å². The van der Waals surface area contributed by atoms with Crippen LogP contribution in [-0.4, -0.2) is 29.0 Å². The zero-order valence-electron chi connectivity index (χ0n) is 7.95. The van der Waals surface area contributed by atoms with Crippen molar-refractivity contribution in [1.82, 2.24) is 10.2 Å². The Morgan fingerprint density at radius 2 is 2.36 bits per heavy atom. The van der Waals surface area contributed by atoms with Crippen LogP contribution >= 0.6 is 0 Å². The number of hydrogen-bond donors (Lipinski definition) is 2. The van der Waals surface area contributed by atoms with Gasteiger partial charge in [0, 0.05) is 24.1 Å². The number of rotatable bonds is 3. The molecule has 0 bridgehead atoms. The summed E-state index contributed by atoms with van der Waals surface area (Å²) in [5.41, 5.74) is 1.76. The molecule has 1 aromatic carbocycles. The molecule has 0 aliphatic rings. The summed E-state index contributed by atoms with van der Waals surface area (Å²) in [6.07, 6.45) is 0.587. The van der Waals surface area contributed by atoms with Gasteiger partial charge in [-0.3, -0.25) is 5.10 Å². The number of aliphatic hydroxyl groups excluding tert-OH is 1. The Hall–Kier alpha value is -1.55. The Morgan fingerprint density at radius 3 is 3.07 bits per heavy atom. The third-order valence-electron chi connectivity index (χ3n) is 2.21. The van der Waals surface area contributed by atoms with Crippen LogP contribution in [0.2, 0.25) is 0 Å². The topological polar surface area (TPSA) is 58.1 Å². The number of aromatic amines is 1. The lowest BCUT2D eigenvalue weighted by molar-refractivity contribution is 0.298. The maximum atomic E-state index is 8.84. The van der Waals surface area contributed by atoms with Crippen LogP contribution in [0.15, 0.2) is 18.2 Å². The fourth-order valence-corrected chi connectivity index (χ4v) is 1.53. The number of methoxy groups -OCH3 is 1. The number of fused-ring (bicyclic) bond motifs is 1. The first-order valence-corrected chi connectivity index (χ1v) is 4.47. The Labute approximate surface area is 81.5 Å². The van der Waals surface area contributed by atoms with Crippen LogP contribution in [0, 0.1) is 0 Å². The van der Waals surface area contributed by atoms with Gasteiger partial charge in [-0.25, -0.2) is 0 Å². The van der Waals surface area contributed by atoms with E-state index in [2.05, 4.69) is 10.2 Å². The van der Waals surface area contributed by atoms with Crippen molar-refractivity contribution in [2.45, 2.75) is 6.42 Å². The predicted octanol–water partition coefficient (Wildman–Crippen LogP) is 1.11. The van der Waals surface area contributed by atoms with Crippen LogP contribution in [-0.2, 0) is 6.42 Å². The molecule has 74 valence electrons. The Morgan fingerprint density at radius 1 is 1.50 bits per heavy atom. The Balaban J connectivity index is 2.57. The maximum Gasteiger partial charge on any atom is 0.146 e. The predicted molar refractivity (Wildman–Crippen MR) is 53.4 cm³/mol. The highest BCUT2D eigenvalue weighted by Gasteiger charge is 2.08. The summed E-state index contributed by atoms with van der Waals surface area (Å²) in [5.74, 6) is 0.753. The van der Waals surface area contributed by atoms with Crippen LogP contribution in [0.1, 0.15) is 5.69 Å². The molecule has 2 N–H and O–H groups in total. The first-order chi connectivity index (χ1) is 6.86. The Kier molecular flexibility index (Phi) is 2.37. The number of nitrogens with one attached hydrogen (secondary N) is 1. The van der Waals surface area contributed by atoms with Gasteiger partial charge in [0.15, 0.2) is 0 Å². The second-order valence-corrected chi connectivity index (χ2v) is 3.03. The average molecular weight is 192 g/mol. The second-order valence-electron chi connectivity index (χ2n) is 3.03. The summed E-state index contributed by atoms with van der Waals surface area (Å²) >= 11 is 0. The summed E-state index contributed by atoms with van der Waals surface area (Å²) < 4.78 is 5.17. The van der Waals surface area contributed by atoms with Crippen molar-refractivity contribution in [1.29, 1.82) is 0 Å². The number of aromatic nitrogens is 2. The summed E-state index contributed by atoms with van der Waals surface area (Å²) in [5, 5.41) is 16.9. The minimum atomic E-state index is 0.120. The van der Waals surface area contributed by atoms with Crippen LogP contribution in [0.25, 0.3) is 10.9 Å². The molecule has 14 heavy (non-hydrogen) atoms. The highest BCUT2D eigenvalue weighted by atomic mass is 16.5. The van der Waals surface area contributed by atoms with Crippen molar-refractivity contribution >= 4 is 10.9 Å². The number of nitrogens with zero attached hydrogens (tertiary/aromatic N) is 1. The van der Waals surface area contributed by atoms with Gasteiger partial charge in [-0.15, -0.1) is 0 Å². The molecule has 0 radical (unpaired) electrons. The van der Waals surface area contributed by atoms with E-state index in [0.717, 1.165) is 22.3 Å². The molecule has 4 heteroatoms. The summed E-state index contributed by atoms with van der Waals surface area (Å²) in [7, 11) is 1.62. The monoisotopic (exact) mass is 192 g/mol. The van der Waals surface area contributed by atoms with E-state index < -0.39 is 0 Å². The van der Waals surface area contributed by atoms with Gasteiger partial charge in [0.25, 0.3) is 0 Å². The second kappa shape index (κ2) is 3.67. The molecular weight excluding hydrogens is 180 g/mol. The zero-order chi connectivity index (χ0) is 9.97. The van der Waals surface area contributed by atoms with Crippen molar-refractivity contribution in [3.05, 3.63) is 23.9 Å².